The maximum absolute atomic E-state index is 2.17. The summed E-state index contributed by atoms with van der Waals surface area (Å²) in [7, 11) is 0. The Balaban J connectivity index is 3.03. The molecule has 0 saturated heterocycles. The molecule has 0 rings (SSSR count). The first-order valence-electron chi connectivity index (χ1n) is 2.40. The van der Waals surface area contributed by atoms with Gasteiger partial charge in [0.25, 0.3) is 0 Å². The number of hydrogen-bond donors (Lipinski definition) is 0. The van der Waals surface area contributed by atoms with Crippen molar-refractivity contribution < 1.29 is 0 Å². The summed E-state index contributed by atoms with van der Waals surface area (Å²) in [5.74, 6) is 2.17. The van der Waals surface area contributed by atoms with Crippen LogP contribution in [0.2, 0.25) is 13.6 Å². The third-order valence-corrected chi connectivity index (χ3v) is 0.577. The summed E-state index contributed by atoms with van der Waals surface area (Å²) in [6, 6.07) is 0. The van der Waals surface area contributed by atoms with Crippen molar-refractivity contribution in [3.63, 3.8) is 0 Å². The Kier molecular flexibility index (Phi) is 2.92. The molecule has 0 spiro atoms. The minimum absolute atomic E-state index is 0.718. The molecular formula is C5H11B. The maximum Gasteiger partial charge on any atom is 0.159 e. The van der Waals surface area contributed by atoms with Gasteiger partial charge in [0.15, 0.2) is 6.71 Å². The summed E-state index contributed by atoms with van der Waals surface area (Å²) in [6.07, 6.45) is 2.07. The van der Waals surface area contributed by atoms with Gasteiger partial charge in [-0.1, -0.05) is 13.6 Å². The van der Waals surface area contributed by atoms with E-state index in [4.69, 9.17) is 0 Å². The zero-order valence-corrected chi connectivity index (χ0v) is 4.73. The normalized spacial score (nSPS) is 9.83. The zero-order valence-electron chi connectivity index (χ0n) is 4.73. The van der Waals surface area contributed by atoms with Crippen LogP contribution in [0, 0.1) is 0 Å². The van der Waals surface area contributed by atoms with Crippen LogP contribution in [0.1, 0.15) is 6.92 Å². The molecule has 1 heteroatoms. The lowest BCUT2D eigenvalue weighted by Crippen LogP contribution is -1.90. The molecule has 0 fully saturated rings. The molecule has 0 aliphatic rings. The van der Waals surface area contributed by atoms with Crippen LogP contribution in [0.3, 0.4) is 0 Å². The van der Waals surface area contributed by atoms with Gasteiger partial charge in [-0.25, -0.2) is 0 Å². The van der Waals surface area contributed by atoms with Crippen molar-refractivity contribution in [1.82, 2.24) is 0 Å². The van der Waals surface area contributed by atoms with Crippen LogP contribution in [0.15, 0.2) is 12.1 Å². The lowest BCUT2D eigenvalue weighted by molar-refractivity contribution is 1.76. The van der Waals surface area contributed by atoms with E-state index in [-0.39, 0.29) is 0 Å². The van der Waals surface area contributed by atoms with E-state index in [1.54, 1.807) is 0 Å². The fraction of sp³-hybridized carbons (Fsp3) is 0.600. The van der Waals surface area contributed by atoms with Crippen molar-refractivity contribution in [3.8, 4) is 0 Å². The summed E-state index contributed by atoms with van der Waals surface area (Å²) in [5.41, 5.74) is 0. The molecule has 0 radical (unpaired) electrons. The molecule has 0 aliphatic heterocycles. The number of allylic oxidation sites excluding steroid dienone is 1. The molecular weight excluding hydrogens is 70.9 g/mol. The first-order valence-corrected chi connectivity index (χ1v) is 2.40. The van der Waals surface area contributed by atoms with Gasteiger partial charge in [-0.3, -0.25) is 0 Å². The van der Waals surface area contributed by atoms with Gasteiger partial charge in [0.2, 0.25) is 0 Å². The highest BCUT2D eigenvalue weighted by atomic mass is 13.5. The third kappa shape index (κ3) is 3.80. The molecule has 0 heterocycles. The highest BCUT2D eigenvalue weighted by molar-refractivity contribution is 6.61. The molecule has 0 aromatic heterocycles. The summed E-state index contributed by atoms with van der Waals surface area (Å²) in [6.45, 7) is 7.09. The van der Waals surface area contributed by atoms with Gasteiger partial charge >= 0.3 is 0 Å². The van der Waals surface area contributed by atoms with Crippen LogP contribution in [0.25, 0.3) is 0 Å². The summed E-state index contributed by atoms with van der Waals surface area (Å²) < 4.78 is 0. The summed E-state index contributed by atoms with van der Waals surface area (Å²) in [5, 5.41) is 0. The topological polar surface area (TPSA) is 0 Å². The first-order chi connectivity index (χ1) is 2.77. The Labute approximate surface area is 40.3 Å². The molecule has 0 saturated carbocycles. The van der Waals surface area contributed by atoms with E-state index < -0.39 is 0 Å². The van der Waals surface area contributed by atoms with Gasteiger partial charge in [-0.15, -0.1) is 12.1 Å². The van der Waals surface area contributed by atoms with Crippen LogP contribution >= 0.6 is 0 Å². The lowest BCUT2D eigenvalue weighted by atomic mass is 9.55. The van der Waals surface area contributed by atoms with Crippen LogP contribution in [0.5, 0.6) is 0 Å². The van der Waals surface area contributed by atoms with E-state index in [0.717, 1.165) is 6.71 Å². The van der Waals surface area contributed by atoms with E-state index in [9.17, 15) is 0 Å². The summed E-state index contributed by atoms with van der Waals surface area (Å²) in [4.78, 5) is 0. The predicted molar refractivity (Wildman–Crippen MR) is 32.3 cm³/mol. The third-order valence-electron chi connectivity index (χ3n) is 0.577. The minimum Gasteiger partial charge on any atom is -0.120 e. The van der Waals surface area contributed by atoms with Gasteiger partial charge in [0.1, 0.15) is 0 Å². The molecule has 0 N–H and O–H groups in total. The molecule has 0 aromatic carbocycles. The standard InChI is InChI=1S/C5H11B/c1-4-5-6(2)3/h4-5H,1-3H3. The molecule has 0 bridgehead atoms. The van der Waals surface area contributed by atoms with Crippen LogP contribution in [-0.2, 0) is 0 Å². The Morgan fingerprint density at radius 1 is 1.33 bits per heavy atom. The van der Waals surface area contributed by atoms with E-state index in [1.807, 2.05) is 6.92 Å². The second-order valence-electron chi connectivity index (χ2n) is 1.77. The van der Waals surface area contributed by atoms with Crippen LogP contribution < -0.4 is 0 Å². The second kappa shape index (κ2) is 3.01. The average molecular weight is 82.0 g/mol. The second-order valence-corrected chi connectivity index (χ2v) is 1.77. The van der Waals surface area contributed by atoms with Crippen LogP contribution in [0.4, 0.5) is 0 Å². The fourth-order valence-electron chi connectivity index (χ4n) is 0.385. The van der Waals surface area contributed by atoms with Crippen molar-refractivity contribution in [2.75, 3.05) is 0 Å². The highest BCUT2D eigenvalue weighted by Gasteiger charge is 1.83. The first kappa shape index (κ1) is 5.80. The van der Waals surface area contributed by atoms with Gasteiger partial charge in [-0.2, -0.15) is 0 Å². The highest BCUT2D eigenvalue weighted by Crippen LogP contribution is 1.78. The monoisotopic (exact) mass is 82.1 g/mol. The van der Waals surface area contributed by atoms with Crippen molar-refractivity contribution >= 4 is 6.71 Å². The van der Waals surface area contributed by atoms with Crippen molar-refractivity contribution in [2.24, 2.45) is 0 Å². The minimum atomic E-state index is 0.718. The molecule has 0 atom stereocenters. The molecule has 0 nitrogen and oxygen atoms in total. The predicted octanol–water partition coefficient (Wildman–Crippen LogP) is 1.86. The number of hydrogen-bond acceptors (Lipinski definition) is 0. The van der Waals surface area contributed by atoms with Gasteiger partial charge in [0.05, 0.1) is 0 Å². The largest absolute Gasteiger partial charge is 0.159 e. The van der Waals surface area contributed by atoms with E-state index in [0.29, 0.717) is 0 Å². The zero-order chi connectivity index (χ0) is 4.99. The summed E-state index contributed by atoms with van der Waals surface area (Å²) >= 11 is 0. The van der Waals surface area contributed by atoms with Crippen LogP contribution in [-0.4, -0.2) is 6.71 Å². The Hall–Kier alpha value is -0.195. The van der Waals surface area contributed by atoms with E-state index in [1.165, 1.54) is 0 Å². The molecule has 0 aliphatic carbocycles. The quantitative estimate of drug-likeness (QED) is 0.423. The number of rotatable bonds is 1. The Bertz CT molecular complexity index is 45.9. The molecule has 6 heavy (non-hydrogen) atoms. The van der Waals surface area contributed by atoms with Crippen molar-refractivity contribution in [3.05, 3.63) is 12.1 Å². The smallest absolute Gasteiger partial charge is 0.120 e. The fourth-order valence-corrected chi connectivity index (χ4v) is 0.385. The average Bonchev–Trinajstić information content (AvgIpc) is 1.35. The maximum atomic E-state index is 2.17. The lowest BCUT2D eigenvalue weighted by Gasteiger charge is -1.80. The van der Waals surface area contributed by atoms with Gasteiger partial charge in [0, 0.05) is 0 Å². The molecule has 0 aromatic rings. The molecule has 34 valence electrons. The molecule has 0 amide bonds. The van der Waals surface area contributed by atoms with Gasteiger partial charge in [-0.05, 0) is 6.92 Å². The Morgan fingerprint density at radius 3 is 1.83 bits per heavy atom. The molecule has 0 unspecified atom stereocenters. The van der Waals surface area contributed by atoms with Gasteiger partial charge < -0.3 is 0 Å². The van der Waals surface area contributed by atoms with E-state index >= 15 is 0 Å². The van der Waals surface area contributed by atoms with E-state index in [2.05, 4.69) is 25.7 Å². The van der Waals surface area contributed by atoms with Crippen molar-refractivity contribution in [2.45, 2.75) is 20.6 Å². The SMILES string of the molecule is CC=CB(C)C. The Morgan fingerprint density at radius 2 is 1.83 bits per heavy atom. The van der Waals surface area contributed by atoms with Crippen molar-refractivity contribution in [1.29, 1.82) is 0 Å².